The molecular formula is C12H9NO2. The molecule has 0 spiro atoms. The predicted octanol–water partition coefficient (Wildman–Crippen LogP) is 1.93. The smallest absolute Gasteiger partial charge is 0.248 e. The Morgan fingerprint density at radius 1 is 1.13 bits per heavy atom. The SMILES string of the molecule is O=c1ccc2c([nH]1)-c1ccccc1OC2. The summed E-state index contributed by atoms with van der Waals surface area (Å²) in [5.74, 6) is 0.826. The molecule has 1 aromatic carbocycles. The Hall–Kier alpha value is -2.03. The molecule has 2 aromatic rings. The summed E-state index contributed by atoms with van der Waals surface area (Å²) in [6.07, 6.45) is 0. The van der Waals surface area contributed by atoms with E-state index in [2.05, 4.69) is 4.98 Å². The first kappa shape index (κ1) is 8.29. The molecule has 0 unspecified atom stereocenters. The van der Waals surface area contributed by atoms with Crippen LogP contribution in [0.1, 0.15) is 5.56 Å². The number of nitrogens with one attached hydrogen (secondary N) is 1. The molecule has 1 aromatic heterocycles. The second kappa shape index (κ2) is 2.98. The van der Waals surface area contributed by atoms with Crippen molar-refractivity contribution in [2.75, 3.05) is 0 Å². The molecule has 3 rings (SSSR count). The fraction of sp³-hybridized carbons (Fsp3) is 0.0833. The third-order valence-corrected chi connectivity index (χ3v) is 2.54. The number of aromatic nitrogens is 1. The second-order valence-electron chi connectivity index (χ2n) is 3.51. The zero-order chi connectivity index (χ0) is 10.3. The summed E-state index contributed by atoms with van der Waals surface area (Å²) in [4.78, 5) is 14.1. The number of ether oxygens (including phenoxy) is 1. The van der Waals surface area contributed by atoms with Gasteiger partial charge in [0.2, 0.25) is 5.56 Å². The average molecular weight is 199 g/mol. The van der Waals surface area contributed by atoms with Gasteiger partial charge in [-0.05, 0) is 18.2 Å². The van der Waals surface area contributed by atoms with E-state index in [-0.39, 0.29) is 5.56 Å². The third kappa shape index (κ3) is 1.24. The number of hydrogen-bond donors (Lipinski definition) is 1. The van der Waals surface area contributed by atoms with Crippen molar-refractivity contribution >= 4 is 0 Å². The van der Waals surface area contributed by atoms with E-state index in [4.69, 9.17) is 4.74 Å². The molecule has 0 saturated heterocycles. The molecule has 74 valence electrons. The van der Waals surface area contributed by atoms with Gasteiger partial charge in [0.1, 0.15) is 12.4 Å². The van der Waals surface area contributed by atoms with E-state index >= 15 is 0 Å². The van der Waals surface area contributed by atoms with Gasteiger partial charge in [0, 0.05) is 17.2 Å². The second-order valence-corrected chi connectivity index (χ2v) is 3.51. The Balaban J connectivity index is 2.33. The summed E-state index contributed by atoms with van der Waals surface area (Å²) >= 11 is 0. The van der Waals surface area contributed by atoms with Crippen LogP contribution in [0.4, 0.5) is 0 Å². The van der Waals surface area contributed by atoms with Gasteiger partial charge in [-0.25, -0.2) is 0 Å². The van der Waals surface area contributed by atoms with Crippen LogP contribution in [0.15, 0.2) is 41.2 Å². The highest BCUT2D eigenvalue weighted by atomic mass is 16.5. The van der Waals surface area contributed by atoms with Crippen LogP contribution in [-0.4, -0.2) is 4.98 Å². The molecule has 0 atom stereocenters. The molecular weight excluding hydrogens is 190 g/mol. The van der Waals surface area contributed by atoms with Gasteiger partial charge in [0.05, 0.1) is 5.69 Å². The Morgan fingerprint density at radius 3 is 2.93 bits per heavy atom. The molecule has 0 amide bonds. The number of rotatable bonds is 0. The minimum atomic E-state index is -0.0783. The summed E-state index contributed by atoms with van der Waals surface area (Å²) in [6, 6.07) is 11.0. The van der Waals surface area contributed by atoms with Crippen molar-refractivity contribution in [1.29, 1.82) is 0 Å². The lowest BCUT2D eigenvalue weighted by Crippen LogP contribution is -2.13. The third-order valence-electron chi connectivity index (χ3n) is 2.54. The topological polar surface area (TPSA) is 42.1 Å². The Morgan fingerprint density at radius 2 is 2.00 bits per heavy atom. The normalized spacial score (nSPS) is 12.5. The first-order valence-electron chi connectivity index (χ1n) is 4.79. The minimum Gasteiger partial charge on any atom is -0.488 e. The van der Waals surface area contributed by atoms with E-state index in [1.54, 1.807) is 0 Å². The van der Waals surface area contributed by atoms with Crippen LogP contribution >= 0.6 is 0 Å². The standard InChI is InChI=1S/C12H9NO2/c14-11-6-5-8-7-15-10-4-2-1-3-9(10)12(8)13-11/h1-6H,7H2,(H,13,14). The lowest BCUT2D eigenvalue weighted by atomic mass is 10.0. The molecule has 0 fully saturated rings. The molecule has 1 N–H and O–H groups in total. The lowest BCUT2D eigenvalue weighted by Gasteiger charge is -2.19. The molecule has 0 bridgehead atoms. The quantitative estimate of drug-likeness (QED) is 0.704. The van der Waals surface area contributed by atoms with Crippen LogP contribution in [0.3, 0.4) is 0 Å². The zero-order valence-electron chi connectivity index (χ0n) is 7.99. The summed E-state index contributed by atoms with van der Waals surface area (Å²) in [5.41, 5.74) is 2.78. The molecule has 1 aliphatic heterocycles. The van der Waals surface area contributed by atoms with Crippen molar-refractivity contribution in [3.63, 3.8) is 0 Å². The molecule has 1 aliphatic rings. The van der Waals surface area contributed by atoms with E-state index in [0.29, 0.717) is 6.61 Å². The minimum absolute atomic E-state index is 0.0783. The lowest BCUT2D eigenvalue weighted by molar-refractivity contribution is 0.301. The van der Waals surface area contributed by atoms with Crippen molar-refractivity contribution < 1.29 is 4.74 Å². The highest BCUT2D eigenvalue weighted by Gasteiger charge is 2.16. The Kier molecular flexibility index (Phi) is 1.65. The zero-order valence-corrected chi connectivity index (χ0v) is 7.99. The first-order chi connectivity index (χ1) is 7.34. The molecule has 0 aliphatic carbocycles. The average Bonchev–Trinajstić information content (AvgIpc) is 2.29. The summed E-state index contributed by atoms with van der Waals surface area (Å²) < 4.78 is 5.57. The van der Waals surface area contributed by atoms with Gasteiger partial charge in [-0.1, -0.05) is 12.1 Å². The number of hydrogen-bond acceptors (Lipinski definition) is 2. The molecule has 2 heterocycles. The maximum atomic E-state index is 11.3. The van der Waals surface area contributed by atoms with E-state index in [1.807, 2.05) is 30.3 Å². The van der Waals surface area contributed by atoms with Crippen LogP contribution < -0.4 is 10.3 Å². The predicted molar refractivity (Wildman–Crippen MR) is 56.8 cm³/mol. The molecule has 0 saturated carbocycles. The Labute approximate surface area is 86.3 Å². The van der Waals surface area contributed by atoms with Crippen molar-refractivity contribution in [1.82, 2.24) is 4.98 Å². The molecule has 15 heavy (non-hydrogen) atoms. The Bertz CT molecular complexity index is 572. The highest BCUT2D eigenvalue weighted by molar-refractivity contribution is 5.71. The summed E-state index contributed by atoms with van der Waals surface area (Å²) in [6.45, 7) is 0.517. The summed E-state index contributed by atoms with van der Waals surface area (Å²) in [5, 5.41) is 0. The van der Waals surface area contributed by atoms with Crippen molar-refractivity contribution in [2.24, 2.45) is 0 Å². The number of H-pyrrole nitrogens is 1. The van der Waals surface area contributed by atoms with Crippen LogP contribution in [-0.2, 0) is 6.61 Å². The van der Waals surface area contributed by atoms with Gasteiger partial charge in [-0.15, -0.1) is 0 Å². The van der Waals surface area contributed by atoms with Crippen LogP contribution in [0.5, 0.6) is 5.75 Å². The number of benzene rings is 1. The van der Waals surface area contributed by atoms with Gasteiger partial charge >= 0.3 is 0 Å². The molecule has 3 heteroatoms. The van der Waals surface area contributed by atoms with Crippen LogP contribution in [0.25, 0.3) is 11.3 Å². The van der Waals surface area contributed by atoms with Crippen LogP contribution in [0.2, 0.25) is 0 Å². The highest BCUT2D eigenvalue weighted by Crippen LogP contribution is 2.34. The van der Waals surface area contributed by atoms with E-state index in [9.17, 15) is 4.79 Å². The molecule has 3 nitrogen and oxygen atoms in total. The van der Waals surface area contributed by atoms with Gasteiger partial charge in [0.25, 0.3) is 0 Å². The molecule has 0 radical (unpaired) electrons. The van der Waals surface area contributed by atoms with E-state index < -0.39 is 0 Å². The number of aromatic amines is 1. The van der Waals surface area contributed by atoms with Crippen molar-refractivity contribution in [2.45, 2.75) is 6.61 Å². The first-order valence-corrected chi connectivity index (χ1v) is 4.79. The fourth-order valence-corrected chi connectivity index (χ4v) is 1.82. The maximum Gasteiger partial charge on any atom is 0.248 e. The number of fused-ring (bicyclic) bond motifs is 3. The van der Waals surface area contributed by atoms with Gasteiger partial charge < -0.3 is 9.72 Å². The van der Waals surface area contributed by atoms with E-state index in [1.165, 1.54) is 6.07 Å². The van der Waals surface area contributed by atoms with Crippen molar-refractivity contribution in [3.05, 3.63) is 52.3 Å². The van der Waals surface area contributed by atoms with Crippen molar-refractivity contribution in [3.8, 4) is 17.0 Å². The van der Waals surface area contributed by atoms with Gasteiger partial charge in [-0.3, -0.25) is 4.79 Å². The van der Waals surface area contributed by atoms with Crippen LogP contribution in [0, 0.1) is 0 Å². The number of para-hydroxylation sites is 1. The van der Waals surface area contributed by atoms with Gasteiger partial charge in [-0.2, -0.15) is 0 Å². The maximum absolute atomic E-state index is 11.3. The largest absolute Gasteiger partial charge is 0.488 e. The fourth-order valence-electron chi connectivity index (χ4n) is 1.82. The van der Waals surface area contributed by atoms with E-state index in [0.717, 1.165) is 22.6 Å². The monoisotopic (exact) mass is 199 g/mol. The number of pyridine rings is 1. The summed E-state index contributed by atoms with van der Waals surface area (Å²) in [7, 11) is 0. The van der Waals surface area contributed by atoms with Gasteiger partial charge in [0.15, 0.2) is 0 Å².